The van der Waals surface area contributed by atoms with E-state index in [-0.39, 0.29) is 18.4 Å². The van der Waals surface area contributed by atoms with E-state index in [9.17, 15) is 9.59 Å². The lowest BCUT2D eigenvalue weighted by molar-refractivity contribution is -0.120. The first-order valence-corrected chi connectivity index (χ1v) is 8.96. The molecule has 6 nitrogen and oxygen atoms in total. The highest BCUT2D eigenvalue weighted by Gasteiger charge is 2.16. The number of benzene rings is 3. The fourth-order valence-electron chi connectivity index (χ4n) is 2.70. The second kappa shape index (κ2) is 9.20. The monoisotopic (exact) mass is 385 g/mol. The second-order valence-electron chi connectivity index (χ2n) is 6.25. The summed E-state index contributed by atoms with van der Waals surface area (Å²) in [4.78, 5) is 25.7. The van der Waals surface area contributed by atoms with Gasteiger partial charge in [-0.25, -0.2) is 0 Å². The van der Waals surface area contributed by atoms with Crippen molar-refractivity contribution in [2.45, 2.75) is 6.92 Å². The Labute approximate surface area is 169 Å². The average Bonchev–Trinajstić information content (AvgIpc) is 2.74. The van der Waals surface area contributed by atoms with Crippen LogP contribution in [-0.4, -0.2) is 18.4 Å². The van der Waals surface area contributed by atoms with Gasteiger partial charge in [-0.05, 0) is 54.6 Å². The molecule has 6 heteroatoms. The Bertz CT molecular complexity index is 1040. The highest BCUT2D eigenvalue weighted by Crippen LogP contribution is 2.23. The lowest BCUT2D eigenvalue weighted by Crippen LogP contribution is -2.36. The smallest absolute Gasteiger partial charge is 0.244 e. The van der Waals surface area contributed by atoms with E-state index in [1.165, 1.54) is 11.8 Å². The minimum Gasteiger partial charge on any atom is -0.457 e. The Balaban J connectivity index is 1.64. The van der Waals surface area contributed by atoms with Crippen molar-refractivity contribution in [2.24, 2.45) is 0 Å². The zero-order valence-electron chi connectivity index (χ0n) is 15.8. The highest BCUT2D eigenvalue weighted by atomic mass is 16.5. The largest absolute Gasteiger partial charge is 0.457 e. The number of para-hydroxylation sites is 1. The van der Waals surface area contributed by atoms with Crippen molar-refractivity contribution in [1.82, 2.24) is 0 Å². The zero-order chi connectivity index (χ0) is 20.6. The summed E-state index contributed by atoms with van der Waals surface area (Å²) in [5.41, 5.74) is 1.51. The number of amides is 2. The molecular formula is C23H19N3O3. The summed E-state index contributed by atoms with van der Waals surface area (Å²) in [7, 11) is 0. The summed E-state index contributed by atoms with van der Waals surface area (Å²) in [5, 5.41) is 11.8. The molecule has 0 aliphatic carbocycles. The fraction of sp³-hybridized carbons (Fsp3) is 0.0870. The van der Waals surface area contributed by atoms with Gasteiger partial charge in [-0.1, -0.05) is 24.3 Å². The molecule has 0 aliphatic rings. The van der Waals surface area contributed by atoms with Gasteiger partial charge in [-0.15, -0.1) is 0 Å². The van der Waals surface area contributed by atoms with Crippen LogP contribution in [0, 0.1) is 11.3 Å². The van der Waals surface area contributed by atoms with Gasteiger partial charge in [-0.3, -0.25) is 9.59 Å². The van der Waals surface area contributed by atoms with E-state index >= 15 is 0 Å². The molecule has 0 atom stereocenters. The molecule has 0 aromatic heterocycles. The van der Waals surface area contributed by atoms with Crippen molar-refractivity contribution in [2.75, 3.05) is 16.8 Å². The van der Waals surface area contributed by atoms with Gasteiger partial charge >= 0.3 is 0 Å². The number of nitrogens with zero attached hydrogens (tertiary/aromatic N) is 2. The van der Waals surface area contributed by atoms with E-state index in [2.05, 4.69) is 5.32 Å². The summed E-state index contributed by atoms with van der Waals surface area (Å²) in [6.07, 6.45) is 0. The first-order chi connectivity index (χ1) is 14.0. The molecule has 2 amide bonds. The lowest BCUT2D eigenvalue weighted by Gasteiger charge is -2.21. The zero-order valence-corrected chi connectivity index (χ0v) is 15.8. The molecule has 0 saturated carbocycles. The van der Waals surface area contributed by atoms with E-state index in [1.807, 2.05) is 36.4 Å². The van der Waals surface area contributed by atoms with Crippen molar-refractivity contribution in [3.8, 4) is 17.6 Å². The molecule has 144 valence electrons. The number of carbonyl (C=O) groups is 2. The van der Waals surface area contributed by atoms with Crippen LogP contribution in [0.4, 0.5) is 11.4 Å². The summed E-state index contributed by atoms with van der Waals surface area (Å²) < 4.78 is 5.72. The maximum absolute atomic E-state index is 12.4. The predicted molar refractivity (Wildman–Crippen MR) is 111 cm³/mol. The fourth-order valence-corrected chi connectivity index (χ4v) is 2.70. The molecule has 0 radical (unpaired) electrons. The van der Waals surface area contributed by atoms with Crippen molar-refractivity contribution in [3.63, 3.8) is 0 Å². The van der Waals surface area contributed by atoms with Gasteiger partial charge in [0.15, 0.2) is 0 Å². The van der Waals surface area contributed by atoms with E-state index in [0.29, 0.717) is 22.7 Å². The number of rotatable bonds is 6. The SMILES string of the molecule is CC(=O)N(CC(=O)Nc1ccc(Oc2ccccc2)cc1)c1cccc(C#N)c1. The molecule has 3 aromatic rings. The average molecular weight is 385 g/mol. The molecule has 0 unspecified atom stereocenters. The van der Waals surface area contributed by atoms with Gasteiger partial charge in [0.05, 0.1) is 11.6 Å². The Morgan fingerprint density at radius 2 is 1.66 bits per heavy atom. The molecule has 29 heavy (non-hydrogen) atoms. The molecule has 0 heterocycles. The van der Waals surface area contributed by atoms with Gasteiger partial charge in [-0.2, -0.15) is 5.26 Å². The van der Waals surface area contributed by atoms with Gasteiger partial charge < -0.3 is 15.0 Å². The standard InChI is InChI=1S/C23H19N3O3/c1-17(27)26(20-7-5-6-18(14-20)15-24)16-23(28)25-19-10-12-22(13-11-19)29-21-8-3-2-4-9-21/h2-14H,16H2,1H3,(H,25,28). The summed E-state index contributed by atoms with van der Waals surface area (Å²) in [5.74, 6) is 0.731. The minimum atomic E-state index is -0.348. The minimum absolute atomic E-state index is 0.160. The number of nitrogens with one attached hydrogen (secondary N) is 1. The van der Waals surface area contributed by atoms with Gasteiger partial charge in [0.25, 0.3) is 0 Å². The predicted octanol–water partition coefficient (Wildman–Crippen LogP) is 4.34. The van der Waals surface area contributed by atoms with Crippen molar-refractivity contribution < 1.29 is 14.3 Å². The maximum Gasteiger partial charge on any atom is 0.244 e. The van der Waals surface area contributed by atoms with Crippen molar-refractivity contribution in [1.29, 1.82) is 5.26 Å². The molecule has 3 aromatic carbocycles. The molecule has 0 saturated heterocycles. The molecule has 0 aliphatic heterocycles. The number of anilines is 2. The quantitative estimate of drug-likeness (QED) is 0.684. The van der Waals surface area contributed by atoms with Gasteiger partial charge in [0.2, 0.25) is 11.8 Å². The van der Waals surface area contributed by atoms with E-state index in [4.69, 9.17) is 10.00 Å². The second-order valence-corrected chi connectivity index (χ2v) is 6.25. The topological polar surface area (TPSA) is 82.4 Å². The van der Waals surface area contributed by atoms with Crippen LogP contribution in [0.3, 0.4) is 0 Å². The number of hydrogen-bond donors (Lipinski definition) is 1. The third-order valence-corrected chi connectivity index (χ3v) is 4.09. The van der Waals surface area contributed by atoms with Crippen molar-refractivity contribution >= 4 is 23.2 Å². The van der Waals surface area contributed by atoms with Crippen LogP contribution in [0.1, 0.15) is 12.5 Å². The molecule has 1 N–H and O–H groups in total. The third-order valence-electron chi connectivity index (χ3n) is 4.09. The summed E-state index contributed by atoms with van der Waals surface area (Å²) in [6, 6.07) is 24.9. The molecule has 0 bridgehead atoms. The summed E-state index contributed by atoms with van der Waals surface area (Å²) in [6.45, 7) is 1.22. The first kappa shape index (κ1) is 19.6. The maximum atomic E-state index is 12.4. The Morgan fingerprint density at radius 3 is 2.31 bits per heavy atom. The van der Waals surface area contributed by atoms with Crippen molar-refractivity contribution in [3.05, 3.63) is 84.4 Å². The van der Waals surface area contributed by atoms with E-state index in [1.54, 1.807) is 48.5 Å². The van der Waals surface area contributed by atoms with Crippen LogP contribution in [0.5, 0.6) is 11.5 Å². The van der Waals surface area contributed by atoms with Gasteiger partial charge in [0.1, 0.15) is 18.0 Å². The number of hydrogen-bond acceptors (Lipinski definition) is 4. The number of nitriles is 1. The first-order valence-electron chi connectivity index (χ1n) is 8.96. The summed E-state index contributed by atoms with van der Waals surface area (Å²) >= 11 is 0. The van der Waals surface area contributed by atoms with Crippen LogP contribution >= 0.6 is 0 Å². The molecule has 0 fully saturated rings. The van der Waals surface area contributed by atoms with Crippen LogP contribution in [-0.2, 0) is 9.59 Å². The normalized spacial score (nSPS) is 9.93. The lowest BCUT2D eigenvalue weighted by atomic mass is 10.2. The van der Waals surface area contributed by atoms with Crippen LogP contribution in [0.15, 0.2) is 78.9 Å². The Morgan fingerprint density at radius 1 is 0.966 bits per heavy atom. The molecular weight excluding hydrogens is 366 g/mol. The third kappa shape index (κ3) is 5.44. The van der Waals surface area contributed by atoms with E-state index < -0.39 is 0 Å². The van der Waals surface area contributed by atoms with Crippen LogP contribution < -0.4 is 15.0 Å². The Kier molecular flexibility index (Phi) is 6.23. The molecule has 3 rings (SSSR count). The molecule has 0 spiro atoms. The van der Waals surface area contributed by atoms with Gasteiger partial charge in [0, 0.05) is 18.3 Å². The number of carbonyl (C=O) groups excluding carboxylic acids is 2. The highest BCUT2D eigenvalue weighted by molar-refractivity contribution is 6.01. The van der Waals surface area contributed by atoms with Crippen LogP contribution in [0.2, 0.25) is 0 Å². The van der Waals surface area contributed by atoms with Crippen LogP contribution in [0.25, 0.3) is 0 Å². The Hall–Kier alpha value is -4.11. The number of ether oxygens (including phenoxy) is 1. The van der Waals surface area contributed by atoms with E-state index in [0.717, 1.165) is 5.75 Å².